The third-order valence-electron chi connectivity index (χ3n) is 7.66. The zero-order chi connectivity index (χ0) is 26.1. The first-order valence-corrected chi connectivity index (χ1v) is 12.7. The summed E-state index contributed by atoms with van der Waals surface area (Å²) in [7, 11) is 3.12. The number of hydrogen-bond donors (Lipinski definition) is 1. The van der Waals surface area contributed by atoms with Gasteiger partial charge in [-0.05, 0) is 48.9 Å². The molecule has 3 aliphatic rings. The van der Waals surface area contributed by atoms with Crippen molar-refractivity contribution in [2.24, 2.45) is 5.92 Å². The molecule has 1 aromatic carbocycles. The van der Waals surface area contributed by atoms with Crippen LogP contribution in [0.3, 0.4) is 0 Å². The van der Waals surface area contributed by atoms with Gasteiger partial charge in [0, 0.05) is 50.3 Å². The minimum absolute atomic E-state index is 0.0122. The van der Waals surface area contributed by atoms with Crippen molar-refractivity contribution in [2.75, 3.05) is 33.9 Å². The SMILES string of the molecule is COc1ccc(CCN2C(=O)N[C@@H](CCC(=O)N3C[C@H]4C[C@@H](C3)c3cccc(=O)n3C4)C2=O)cc1OC. The van der Waals surface area contributed by atoms with Gasteiger partial charge < -0.3 is 24.3 Å². The highest BCUT2D eigenvalue weighted by molar-refractivity contribution is 6.04. The maximum Gasteiger partial charge on any atom is 0.324 e. The second kappa shape index (κ2) is 10.3. The Morgan fingerprint density at radius 2 is 1.84 bits per heavy atom. The van der Waals surface area contributed by atoms with Crippen LogP contribution in [-0.2, 0) is 22.6 Å². The third kappa shape index (κ3) is 4.92. The molecule has 0 aliphatic carbocycles. The van der Waals surface area contributed by atoms with E-state index in [9.17, 15) is 19.2 Å². The summed E-state index contributed by atoms with van der Waals surface area (Å²) >= 11 is 0. The van der Waals surface area contributed by atoms with Crippen LogP contribution in [0.2, 0.25) is 0 Å². The van der Waals surface area contributed by atoms with Gasteiger partial charge in [-0.25, -0.2) is 4.79 Å². The van der Waals surface area contributed by atoms with Gasteiger partial charge in [0.05, 0.1) is 14.2 Å². The van der Waals surface area contributed by atoms with E-state index in [4.69, 9.17) is 9.47 Å². The number of hydrogen-bond acceptors (Lipinski definition) is 6. The number of carbonyl (C=O) groups is 3. The van der Waals surface area contributed by atoms with Crippen molar-refractivity contribution in [2.45, 2.75) is 44.2 Å². The summed E-state index contributed by atoms with van der Waals surface area (Å²) in [4.78, 5) is 53.8. The molecule has 10 heteroatoms. The van der Waals surface area contributed by atoms with E-state index in [-0.39, 0.29) is 48.6 Å². The summed E-state index contributed by atoms with van der Waals surface area (Å²) in [6.07, 6.45) is 1.89. The number of nitrogens with zero attached hydrogens (tertiary/aromatic N) is 3. The molecule has 2 saturated heterocycles. The van der Waals surface area contributed by atoms with Crippen molar-refractivity contribution in [1.29, 1.82) is 0 Å². The predicted molar refractivity (Wildman–Crippen MR) is 135 cm³/mol. The lowest BCUT2D eigenvalue weighted by atomic mass is 9.83. The van der Waals surface area contributed by atoms with E-state index >= 15 is 0 Å². The van der Waals surface area contributed by atoms with Gasteiger partial charge >= 0.3 is 6.03 Å². The van der Waals surface area contributed by atoms with Crippen LogP contribution >= 0.6 is 0 Å². The molecule has 3 aliphatic heterocycles. The average Bonchev–Trinajstić information content (AvgIpc) is 3.18. The number of carbonyl (C=O) groups excluding carboxylic acids is 3. The molecule has 1 aromatic heterocycles. The summed E-state index contributed by atoms with van der Waals surface area (Å²) in [5.41, 5.74) is 1.92. The lowest BCUT2D eigenvalue weighted by molar-refractivity contribution is -0.134. The van der Waals surface area contributed by atoms with Crippen LogP contribution in [0.25, 0.3) is 0 Å². The smallest absolute Gasteiger partial charge is 0.324 e. The summed E-state index contributed by atoms with van der Waals surface area (Å²) in [6, 6.07) is 9.69. The van der Waals surface area contributed by atoms with Crippen molar-refractivity contribution in [3.8, 4) is 11.5 Å². The minimum Gasteiger partial charge on any atom is -0.493 e. The number of aromatic nitrogens is 1. The van der Waals surface area contributed by atoms with Crippen LogP contribution in [-0.4, -0.2) is 72.1 Å². The quantitative estimate of drug-likeness (QED) is 0.544. The van der Waals surface area contributed by atoms with Gasteiger partial charge in [0.15, 0.2) is 11.5 Å². The average molecular weight is 509 g/mol. The van der Waals surface area contributed by atoms with Crippen molar-refractivity contribution < 1.29 is 23.9 Å². The molecule has 196 valence electrons. The molecular weight excluding hydrogens is 476 g/mol. The van der Waals surface area contributed by atoms with E-state index in [0.29, 0.717) is 37.6 Å². The van der Waals surface area contributed by atoms with Crippen molar-refractivity contribution in [1.82, 2.24) is 19.7 Å². The Bertz CT molecular complexity index is 1270. The molecule has 4 amide bonds. The Morgan fingerprint density at radius 3 is 2.62 bits per heavy atom. The number of pyridine rings is 1. The molecule has 0 saturated carbocycles. The van der Waals surface area contributed by atoms with Crippen molar-refractivity contribution >= 4 is 17.8 Å². The second-order valence-corrected chi connectivity index (χ2v) is 9.97. The molecule has 2 aromatic rings. The number of benzene rings is 1. The van der Waals surface area contributed by atoms with Gasteiger partial charge in [-0.1, -0.05) is 12.1 Å². The fraction of sp³-hybridized carbons (Fsp3) is 0.481. The molecule has 0 spiro atoms. The highest BCUT2D eigenvalue weighted by Crippen LogP contribution is 2.35. The Labute approximate surface area is 215 Å². The molecule has 3 atom stereocenters. The molecule has 2 bridgehead atoms. The molecular formula is C27H32N4O6. The maximum absolute atomic E-state index is 13.1. The van der Waals surface area contributed by atoms with E-state index in [1.165, 1.54) is 4.90 Å². The number of imide groups is 1. The number of ether oxygens (including phenoxy) is 2. The number of methoxy groups -OCH3 is 2. The first-order valence-electron chi connectivity index (χ1n) is 12.7. The van der Waals surface area contributed by atoms with E-state index in [1.54, 1.807) is 32.4 Å². The van der Waals surface area contributed by atoms with E-state index < -0.39 is 12.1 Å². The fourth-order valence-electron chi connectivity index (χ4n) is 5.79. The Balaban J connectivity index is 1.15. The second-order valence-electron chi connectivity index (χ2n) is 9.97. The van der Waals surface area contributed by atoms with Gasteiger partial charge in [0.2, 0.25) is 5.91 Å². The molecule has 2 fully saturated rings. The first-order chi connectivity index (χ1) is 17.9. The normalized spacial score (nSPS) is 22.5. The number of piperidine rings is 1. The van der Waals surface area contributed by atoms with Gasteiger partial charge in [0.25, 0.3) is 11.5 Å². The number of nitrogens with one attached hydrogen (secondary N) is 1. The summed E-state index contributed by atoms with van der Waals surface area (Å²) < 4.78 is 12.4. The van der Waals surface area contributed by atoms with Crippen molar-refractivity contribution in [3.63, 3.8) is 0 Å². The summed E-state index contributed by atoms with van der Waals surface area (Å²) in [6.45, 7) is 2.04. The van der Waals surface area contributed by atoms with Crippen LogP contribution in [0.4, 0.5) is 4.79 Å². The van der Waals surface area contributed by atoms with Crippen LogP contribution in [0.15, 0.2) is 41.2 Å². The lowest BCUT2D eigenvalue weighted by Crippen LogP contribution is -2.49. The van der Waals surface area contributed by atoms with Crippen molar-refractivity contribution in [3.05, 3.63) is 58.0 Å². The molecule has 5 rings (SSSR count). The van der Waals surface area contributed by atoms with Crippen LogP contribution in [0.5, 0.6) is 11.5 Å². The highest BCUT2D eigenvalue weighted by atomic mass is 16.5. The van der Waals surface area contributed by atoms with Crippen LogP contribution in [0.1, 0.15) is 36.4 Å². The molecule has 0 unspecified atom stereocenters. The Kier molecular flexibility index (Phi) is 6.90. The largest absolute Gasteiger partial charge is 0.493 e. The Morgan fingerprint density at radius 1 is 1.03 bits per heavy atom. The van der Waals surface area contributed by atoms with Gasteiger partial charge in [-0.3, -0.25) is 19.3 Å². The van der Waals surface area contributed by atoms with E-state index in [1.807, 2.05) is 27.7 Å². The van der Waals surface area contributed by atoms with E-state index in [0.717, 1.165) is 17.7 Å². The van der Waals surface area contributed by atoms with E-state index in [2.05, 4.69) is 5.32 Å². The molecule has 10 nitrogen and oxygen atoms in total. The van der Waals surface area contributed by atoms with Gasteiger partial charge in [-0.15, -0.1) is 0 Å². The standard InChI is InChI=1S/C27H32N4O6/c1-36-22-8-6-17(13-23(22)37-2)10-11-30-26(34)20(28-27(30)35)7-9-24(32)29-14-18-12-19(16-29)21-4-3-5-25(33)31(21)15-18/h3-6,8,13,18-20H,7,9-12,14-16H2,1-2H3,(H,28,35)/t18-,19+,20+/m1/s1. The lowest BCUT2D eigenvalue weighted by Gasteiger charge is -2.42. The zero-order valence-corrected chi connectivity index (χ0v) is 21.1. The topological polar surface area (TPSA) is 110 Å². The predicted octanol–water partition coefficient (Wildman–Crippen LogP) is 1.75. The number of amides is 4. The van der Waals surface area contributed by atoms with Crippen LogP contribution in [0, 0.1) is 5.92 Å². The first kappa shape index (κ1) is 24.9. The number of urea groups is 1. The third-order valence-corrected chi connectivity index (χ3v) is 7.66. The fourth-order valence-corrected chi connectivity index (χ4v) is 5.79. The zero-order valence-electron chi connectivity index (χ0n) is 21.1. The monoisotopic (exact) mass is 508 g/mol. The summed E-state index contributed by atoms with van der Waals surface area (Å²) in [5, 5.41) is 2.73. The van der Waals surface area contributed by atoms with Gasteiger partial charge in [0.1, 0.15) is 6.04 Å². The number of likely N-dealkylation sites (tertiary alicyclic amines) is 1. The number of fused-ring (bicyclic) bond motifs is 4. The minimum atomic E-state index is -0.703. The Hall–Kier alpha value is -3.82. The number of rotatable bonds is 8. The highest BCUT2D eigenvalue weighted by Gasteiger charge is 2.39. The molecule has 0 radical (unpaired) electrons. The maximum atomic E-state index is 13.1. The molecule has 1 N–H and O–H groups in total. The summed E-state index contributed by atoms with van der Waals surface area (Å²) in [5.74, 6) is 1.27. The van der Waals surface area contributed by atoms with Gasteiger partial charge in [-0.2, -0.15) is 0 Å². The molecule has 37 heavy (non-hydrogen) atoms. The van der Waals surface area contributed by atoms with Crippen LogP contribution < -0.4 is 20.3 Å². The molecule has 4 heterocycles.